The number of rotatable bonds is 14. The zero-order valence-electron chi connectivity index (χ0n) is 33.5. The molecule has 1 fully saturated rings. The molecule has 2 aromatic heterocycles. The summed E-state index contributed by atoms with van der Waals surface area (Å²) in [6.45, 7) is 7.96. The van der Waals surface area contributed by atoms with Crippen LogP contribution >= 0.6 is 67.1 Å². The first kappa shape index (κ1) is 48.6. The molecule has 2 amide bonds. The first-order chi connectivity index (χ1) is 28.5. The first-order valence-corrected chi connectivity index (χ1v) is 22.9. The second kappa shape index (κ2) is 22.6. The summed E-state index contributed by atoms with van der Waals surface area (Å²) < 4.78 is 24.2. The molecule has 3 heterocycles. The van der Waals surface area contributed by atoms with Crippen LogP contribution < -0.4 is 32.3 Å². The molecule has 0 aliphatic carbocycles. The van der Waals surface area contributed by atoms with Crippen LogP contribution in [0.5, 0.6) is 0 Å². The number of amides is 2. The molecule has 2 radical (unpaired) electrons. The molecule has 23 heteroatoms. The predicted octanol–water partition coefficient (Wildman–Crippen LogP) is 7.56. The van der Waals surface area contributed by atoms with Crippen LogP contribution in [0.2, 0.25) is 0 Å². The highest BCUT2D eigenvalue weighted by molar-refractivity contribution is 9.10. The summed E-state index contributed by atoms with van der Waals surface area (Å²) >= 11 is 11.4. The van der Waals surface area contributed by atoms with Gasteiger partial charge in [0.25, 0.3) is 23.8 Å². The van der Waals surface area contributed by atoms with Crippen molar-refractivity contribution in [2.24, 2.45) is 0 Å². The molecule has 1 aliphatic heterocycles. The Bertz CT molecular complexity index is 2270. The van der Waals surface area contributed by atoms with Crippen LogP contribution in [-0.2, 0) is 18.9 Å². The van der Waals surface area contributed by atoms with Crippen LogP contribution in [0.1, 0.15) is 48.7 Å². The largest absolute Gasteiger partial charge is 0.494 e. The number of hydrogen-bond donors (Lipinski definition) is 5. The maximum Gasteiger partial charge on any atom is 0.494 e. The molecule has 6 N–H and O–H groups in total. The minimum atomic E-state index is -0.534. The number of hydrogen-bond acceptors (Lipinski definition) is 16. The molecule has 1 aliphatic rings. The molecular weight excluding hydrogens is 959 g/mol. The summed E-state index contributed by atoms with van der Waals surface area (Å²) in [7, 11) is 1.70. The molecule has 312 valence electrons. The molecule has 60 heavy (non-hydrogen) atoms. The summed E-state index contributed by atoms with van der Waals surface area (Å²) in [6.07, 6.45) is 9.39. The van der Waals surface area contributed by atoms with Gasteiger partial charge in [-0.05, 0) is 100 Å². The molecule has 3 aromatic carbocycles. The van der Waals surface area contributed by atoms with E-state index in [-0.39, 0.29) is 23.4 Å². The lowest BCUT2D eigenvalue weighted by atomic mass is 9.79. The molecular formula is C37H40B3Br2N7O8S3. The third-order valence-electron chi connectivity index (χ3n) is 8.62. The number of nitrogens with zero attached hydrogens (tertiary/aromatic N) is 2. The number of thioether (sulfide) groups is 3. The van der Waals surface area contributed by atoms with Gasteiger partial charge in [0.15, 0.2) is 11.4 Å². The second-order valence-corrected chi connectivity index (χ2v) is 17.5. The summed E-state index contributed by atoms with van der Waals surface area (Å²) in [5, 5.41) is 10.7. The first-order valence-electron chi connectivity index (χ1n) is 17.6. The Kier molecular flexibility index (Phi) is 18.3. The number of carbonyl (C=O) groups is 4. The summed E-state index contributed by atoms with van der Waals surface area (Å²) in [5.41, 5.74) is 7.90. The highest BCUT2D eigenvalue weighted by atomic mass is 79.9. The van der Waals surface area contributed by atoms with Gasteiger partial charge in [0.05, 0.1) is 22.6 Å². The normalized spacial score (nSPS) is 13.4. The van der Waals surface area contributed by atoms with Crippen molar-refractivity contribution in [3.63, 3.8) is 0 Å². The quantitative estimate of drug-likeness (QED) is 0.0314. The number of nitrogens with one attached hydrogen (secondary N) is 4. The van der Waals surface area contributed by atoms with Crippen molar-refractivity contribution in [1.29, 1.82) is 0 Å². The Hall–Kier alpha value is -4.12. The van der Waals surface area contributed by atoms with E-state index in [1.807, 2.05) is 101 Å². The van der Waals surface area contributed by atoms with Crippen molar-refractivity contribution in [3.8, 4) is 0 Å². The van der Waals surface area contributed by atoms with Crippen LogP contribution in [0.25, 0.3) is 0 Å². The molecule has 0 unspecified atom stereocenters. The van der Waals surface area contributed by atoms with E-state index in [4.69, 9.17) is 23.9 Å². The standard InChI is InChI=1S/C18H22B2N3O5S.C12H10BBrN3O3S.C7H8BrNS/c1-17(2)18(3,4)28-20(27-17)11-6-7-14(29-5)12(8-11)21-15(25)13-9-26-16(22-13)23-19-10-24;1-21-10-3-2-7(14)4-8(10)15-11(19)9-5-20-12(16-9)17-13-6-18;1-10-7-3-2-5(8)4-6(7)9/h6-10H,1-5H3,(H,21,25)(H,22,23);2-6H,1H3,(H,15,19)(H,16,17);2-4H,9H2,1H3. The van der Waals surface area contributed by atoms with Gasteiger partial charge < -0.3 is 54.6 Å². The van der Waals surface area contributed by atoms with Crippen molar-refractivity contribution < 1.29 is 37.3 Å². The van der Waals surface area contributed by atoms with Crippen molar-refractivity contribution in [2.75, 3.05) is 45.6 Å². The van der Waals surface area contributed by atoms with E-state index in [1.165, 1.54) is 36.1 Å². The molecule has 0 saturated carbocycles. The van der Waals surface area contributed by atoms with E-state index >= 15 is 0 Å². The molecule has 0 spiro atoms. The Morgan fingerprint density at radius 2 is 1.13 bits per heavy atom. The molecule has 0 bridgehead atoms. The number of oxazole rings is 2. The molecule has 1 saturated heterocycles. The number of halogens is 2. The van der Waals surface area contributed by atoms with E-state index in [0.717, 1.165) is 49.6 Å². The average molecular weight is 999 g/mol. The van der Waals surface area contributed by atoms with Crippen LogP contribution in [0.3, 0.4) is 0 Å². The van der Waals surface area contributed by atoms with Gasteiger partial charge in [-0.25, -0.2) is 0 Å². The highest BCUT2D eigenvalue weighted by Crippen LogP contribution is 2.37. The third-order valence-corrected chi connectivity index (χ3v) is 12.0. The second-order valence-electron chi connectivity index (χ2n) is 13.2. The zero-order valence-corrected chi connectivity index (χ0v) is 39.1. The van der Waals surface area contributed by atoms with Gasteiger partial charge in [0, 0.05) is 29.3 Å². The topological polar surface area (TPSA) is 213 Å². The van der Waals surface area contributed by atoms with Gasteiger partial charge in [-0.2, -0.15) is 9.97 Å². The average Bonchev–Trinajstić information content (AvgIpc) is 3.95. The van der Waals surface area contributed by atoms with Crippen molar-refractivity contribution in [1.82, 2.24) is 9.97 Å². The number of carbonyl (C=O) groups excluding carboxylic acids is 4. The lowest BCUT2D eigenvalue weighted by Crippen LogP contribution is -2.41. The molecule has 5 aromatic rings. The zero-order chi connectivity index (χ0) is 44.0. The fourth-order valence-electron chi connectivity index (χ4n) is 4.90. The maximum absolute atomic E-state index is 12.6. The fourth-order valence-corrected chi connectivity index (χ4v) is 7.21. The molecule has 15 nitrogen and oxygen atoms in total. The van der Waals surface area contributed by atoms with Crippen LogP contribution in [0.4, 0.5) is 29.1 Å². The summed E-state index contributed by atoms with van der Waals surface area (Å²) in [4.78, 5) is 56.1. The number of anilines is 5. The minimum absolute atomic E-state index is 0.0540. The number of nitrogen functional groups attached to an aromatic ring is 1. The van der Waals surface area contributed by atoms with Crippen molar-refractivity contribution >= 4 is 148 Å². The van der Waals surface area contributed by atoms with Crippen LogP contribution in [0, 0.1) is 0 Å². The number of benzene rings is 3. The van der Waals surface area contributed by atoms with Gasteiger partial charge in [-0.1, -0.05) is 37.9 Å². The Labute approximate surface area is 379 Å². The number of aromatic nitrogens is 2. The Morgan fingerprint density at radius 3 is 1.58 bits per heavy atom. The fraction of sp³-hybridized carbons (Fsp3) is 0.243. The maximum atomic E-state index is 12.6. The van der Waals surface area contributed by atoms with Gasteiger partial charge in [-0.15, -0.1) is 35.3 Å². The Morgan fingerprint density at radius 1 is 0.700 bits per heavy atom. The van der Waals surface area contributed by atoms with Crippen molar-refractivity contribution in [3.05, 3.63) is 87.5 Å². The highest BCUT2D eigenvalue weighted by Gasteiger charge is 2.51. The lowest BCUT2D eigenvalue weighted by Gasteiger charge is -2.32. The molecule has 6 rings (SSSR count). The smallest absolute Gasteiger partial charge is 0.432 e. The van der Waals surface area contributed by atoms with Crippen LogP contribution in [-0.4, -0.2) is 86.1 Å². The van der Waals surface area contributed by atoms with E-state index in [0.29, 0.717) is 23.7 Å². The number of nitrogens with two attached hydrogens (primary N) is 1. The van der Waals surface area contributed by atoms with Gasteiger partial charge in [-0.3, -0.25) is 9.59 Å². The van der Waals surface area contributed by atoms with Gasteiger partial charge >= 0.3 is 21.9 Å². The van der Waals surface area contributed by atoms with E-state index in [1.54, 1.807) is 11.8 Å². The van der Waals surface area contributed by atoms with Crippen molar-refractivity contribution in [2.45, 2.75) is 53.6 Å². The van der Waals surface area contributed by atoms with E-state index in [9.17, 15) is 19.2 Å². The SMILES string of the molecule is CSc1ccc(B2OC(C)(C)C(C)(C)O2)cc1NC(=O)c1coc(N[B]C=O)n1.CSc1ccc(Br)cc1N.CSc1ccc(Br)cc1NC(=O)c1coc(N[B]C=O)n1. The van der Waals surface area contributed by atoms with Gasteiger partial charge in [0.2, 0.25) is 0 Å². The lowest BCUT2D eigenvalue weighted by molar-refractivity contribution is 0.00578. The summed E-state index contributed by atoms with van der Waals surface area (Å²) in [6, 6.07) is 17.3. The predicted molar refractivity (Wildman–Crippen MR) is 251 cm³/mol. The monoisotopic (exact) mass is 997 g/mol. The third kappa shape index (κ3) is 13.4. The van der Waals surface area contributed by atoms with E-state index in [2.05, 4.69) is 62.9 Å². The van der Waals surface area contributed by atoms with E-state index < -0.39 is 30.1 Å². The summed E-state index contributed by atoms with van der Waals surface area (Å²) in [5.74, 6) is -0.833. The molecule has 0 atom stereocenters. The minimum Gasteiger partial charge on any atom is -0.432 e. The van der Waals surface area contributed by atoms with Gasteiger partial charge in [0.1, 0.15) is 24.9 Å². The van der Waals surface area contributed by atoms with Crippen LogP contribution in [0.15, 0.2) is 99.6 Å². The Balaban J connectivity index is 0.000000222.